The van der Waals surface area contributed by atoms with Crippen LogP contribution in [0.25, 0.3) is 22.2 Å². The third-order valence-corrected chi connectivity index (χ3v) is 5.33. The van der Waals surface area contributed by atoms with E-state index in [1.54, 1.807) is 4.68 Å². The van der Waals surface area contributed by atoms with Gasteiger partial charge in [-0.15, -0.1) is 0 Å². The fraction of sp³-hybridized carbons (Fsp3) is 0.167. The molecule has 4 rings (SSSR count). The first-order chi connectivity index (χ1) is 14.1. The van der Waals surface area contributed by atoms with Crippen LogP contribution in [0.2, 0.25) is 5.02 Å². The van der Waals surface area contributed by atoms with Crippen molar-refractivity contribution in [3.8, 4) is 11.3 Å². The van der Waals surface area contributed by atoms with Gasteiger partial charge in [-0.05, 0) is 49.2 Å². The number of nitrogens with one attached hydrogen (secondary N) is 1. The van der Waals surface area contributed by atoms with Gasteiger partial charge < -0.3 is 5.32 Å². The Labute approximate surface area is 175 Å². The van der Waals surface area contributed by atoms with Crippen LogP contribution in [0.1, 0.15) is 25.5 Å². The Bertz CT molecular complexity index is 1150. The number of fused-ring (bicyclic) bond motifs is 1. The summed E-state index contributed by atoms with van der Waals surface area (Å²) >= 11 is 6.25. The average molecular weight is 404 g/mol. The molecule has 146 valence electrons. The zero-order chi connectivity index (χ0) is 20.4. The summed E-state index contributed by atoms with van der Waals surface area (Å²) in [6.07, 6.45) is 0.967. The zero-order valence-corrected chi connectivity index (χ0v) is 17.1. The summed E-state index contributed by atoms with van der Waals surface area (Å²) in [7, 11) is 0. The van der Waals surface area contributed by atoms with Crippen molar-refractivity contribution in [3.63, 3.8) is 0 Å². The standard InChI is InChI=1S/C24H22ClN3O/c1-3-17-9-12-20(13-10-17)26-24(29)16(2)28-22-14-11-19(25)15-21(22)23(27-28)18-7-5-4-6-8-18/h4-16H,3H2,1-2H3,(H,26,29)/t16-/m1/s1. The Hall–Kier alpha value is -3.11. The first-order valence-electron chi connectivity index (χ1n) is 9.70. The van der Waals surface area contributed by atoms with Gasteiger partial charge >= 0.3 is 0 Å². The molecule has 0 saturated heterocycles. The van der Waals surface area contributed by atoms with Crippen molar-refractivity contribution in [2.45, 2.75) is 26.3 Å². The summed E-state index contributed by atoms with van der Waals surface area (Å²) in [5, 5.41) is 9.35. The first-order valence-corrected chi connectivity index (χ1v) is 10.1. The van der Waals surface area contributed by atoms with Crippen molar-refractivity contribution in [1.82, 2.24) is 9.78 Å². The summed E-state index contributed by atoms with van der Waals surface area (Å²) in [5.74, 6) is -0.117. The maximum absolute atomic E-state index is 12.9. The summed E-state index contributed by atoms with van der Waals surface area (Å²) in [5.41, 5.74) is 4.69. The summed E-state index contributed by atoms with van der Waals surface area (Å²) < 4.78 is 1.77. The number of anilines is 1. The monoisotopic (exact) mass is 403 g/mol. The summed E-state index contributed by atoms with van der Waals surface area (Å²) in [6.45, 7) is 3.96. The normalized spacial score (nSPS) is 12.1. The molecule has 3 aromatic carbocycles. The Morgan fingerprint density at radius 3 is 2.48 bits per heavy atom. The van der Waals surface area contributed by atoms with Crippen LogP contribution in [0, 0.1) is 0 Å². The molecular formula is C24H22ClN3O. The van der Waals surface area contributed by atoms with E-state index in [0.717, 1.165) is 34.3 Å². The molecule has 1 aromatic heterocycles. The first kappa shape index (κ1) is 19.2. The van der Waals surface area contributed by atoms with E-state index >= 15 is 0 Å². The molecule has 5 heteroatoms. The number of aryl methyl sites for hydroxylation is 1. The van der Waals surface area contributed by atoms with E-state index in [2.05, 4.69) is 12.2 Å². The van der Waals surface area contributed by atoms with E-state index in [-0.39, 0.29) is 5.91 Å². The molecule has 29 heavy (non-hydrogen) atoms. The van der Waals surface area contributed by atoms with Gasteiger partial charge in [0.1, 0.15) is 11.7 Å². The quantitative estimate of drug-likeness (QED) is 0.436. The molecule has 1 heterocycles. The third kappa shape index (κ3) is 3.89. The van der Waals surface area contributed by atoms with Crippen LogP contribution in [0.4, 0.5) is 5.69 Å². The third-order valence-electron chi connectivity index (χ3n) is 5.09. The lowest BCUT2D eigenvalue weighted by Crippen LogP contribution is -2.24. The smallest absolute Gasteiger partial charge is 0.248 e. The molecule has 4 nitrogen and oxygen atoms in total. The van der Waals surface area contributed by atoms with Crippen LogP contribution in [0.5, 0.6) is 0 Å². The van der Waals surface area contributed by atoms with E-state index in [1.165, 1.54) is 5.56 Å². The minimum Gasteiger partial charge on any atom is -0.324 e. The Morgan fingerprint density at radius 1 is 1.07 bits per heavy atom. The van der Waals surface area contributed by atoms with Crippen molar-refractivity contribution in [2.75, 3.05) is 5.32 Å². The predicted octanol–water partition coefficient (Wildman–Crippen LogP) is 6.12. The van der Waals surface area contributed by atoms with E-state index in [0.29, 0.717) is 5.02 Å². The molecule has 1 amide bonds. The molecule has 0 aliphatic carbocycles. The molecule has 1 N–H and O–H groups in total. The van der Waals surface area contributed by atoms with E-state index < -0.39 is 6.04 Å². The van der Waals surface area contributed by atoms with Gasteiger partial charge in [-0.25, -0.2) is 0 Å². The van der Waals surface area contributed by atoms with E-state index in [4.69, 9.17) is 16.7 Å². The number of hydrogen-bond acceptors (Lipinski definition) is 2. The molecule has 4 aromatic rings. The van der Waals surface area contributed by atoms with Crippen LogP contribution in [-0.2, 0) is 11.2 Å². The summed E-state index contributed by atoms with van der Waals surface area (Å²) in [6, 6.07) is 23.0. The highest BCUT2D eigenvalue weighted by molar-refractivity contribution is 6.31. The number of aromatic nitrogens is 2. The molecule has 1 atom stereocenters. The lowest BCUT2D eigenvalue weighted by Gasteiger charge is -2.14. The fourth-order valence-corrected chi connectivity index (χ4v) is 3.57. The highest BCUT2D eigenvalue weighted by Crippen LogP contribution is 2.32. The minimum atomic E-state index is -0.484. The fourth-order valence-electron chi connectivity index (χ4n) is 3.40. The van der Waals surface area contributed by atoms with Crippen LogP contribution in [-0.4, -0.2) is 15.7 Å². The molecule has 0 bridgehead atoms. The Kier molecular flexibility index (Phi) is 5.36. The van der Waals surface area contributed by atoms with Gasteiger partial charge in [0.15, 0.2) is 0 Å². The van der Waals surface area contributed by atoms with Gasteiger partial charge in [0.25, 0.3) is 0 Å². The zero-order valence-electron chi connectivity index (χ0n) is 16.4. The van der Waals surface area contributed by atoms with Crippen LogP contribution in [0.15, 0.2) is 72.8 Å². The average Bonchev–Trinajstić information content (AvgIpc) is 3.13. The molecule has 0 aliphatic rings. The molecular weight excluding hydrogens is 382 g/mol. The number of benzene rings is 3. The molecule has 0 radical (unpaired) electrons. The summed E-state index contributed by atoms with van der Waals surface area (Å²) in [4.78, 5) is 12.9. The van der Waals surface area contributed by atoms with Crippen molar-refractivity contribution in [1.29, 1.82) is 0 Å². The van der Waals surface area contributed by atoms with Crippen molar-refractivity contribution < 1.29 is 4.79 Å². The second-order valence-electron chi connectivity index (χ2n) is 7.04. The van der Waals surface area contributed by atoms with Gasteiger partial charge in [-0.2, -0.15) is 5.10 Å². The number of carbonyl (C=O) groups is 1. The van der Waals surface area contributed by atoms with Crippen molar-refractivity contribution >= 4 is 34.1 Å². The van der Waals surface area contributed by atoms with Gasteiger partial charge in [-0.1, -0.05) is 61.0 Å². The van der Waals surface area contributed by atoms with Crippen LogP contribution >= 0.6 is 11.6 Å². The number of carbonyl (C=O) groups excluding carboxylic acids is 1. The number of hydrogen-bond donors (Lipinski definition) is 1. The molecule has 0 aliphatic heterocycles. The number of halogens is 1. The molecule has 0 unspecified atom stereocenters. The Morgan fingerprint density at radius 2 is 1.79 bits per heavy atom. The van der Waals surface area contributed by atoms with Gasteiger partial charge in [0.2, 0.25) is 5.91 Å². The van der Waals surface area contributed by atoms with Gasteiger partial charge in [0, 0.05) is 21.7 Å². The predicted molar refractivity (Wildman–Crippen MR) is 119 cm³/mol. The second-order valence-corrected chi connectivity index (χ2v) is 7.47. The van der Waals surface area contributed by atoms with E-state index in [9.17, 15) is 4.79 Å². The Balaban J connectivity index is 1.70. The highest BCUT2D eigenvalue weighted by Gasteiger charge is 2.21. The van der Waals surface area contributed by atoms with Crippen molar-refractivity contribution in [2.24, 2.45) is 0 Å². The lowest BCUT2D eigenvalue weighted by molar-refractivity contribution is -0.118. The molecule has 0 spiro atoms. The minimum absolute atomic E-state index is 0.117. The van der Waals surface area contributed by atoms with Gasteiger partial charge in [-0.3, -0.25) is 9.48 Å². The van der Waals surface area contributed by atoms with Crippen LogP contribution < -0.4 is 5.32 Å². The number of nitrogens with zero attached hydrogens (tertiary/aromatic N) is 2. The second kappa shape index (κ2) is 8.10. The number of rotatable bonds is 5. The number of amides is 1. The van der Waals surface area contributed by atoms with E-state index in [1.807, 2.05) is 79.7 Å². The molecule has 0 saturated carbocycles. The van der Waals surface area contributed by atoms with Crippen molar-refractivity contribution in [3.05, 3.63) is 83.4 Å². The van der Waals surface area contributed by atoms with Crippen LogP contribution in [0.3, 0.4) is 0 Å². The molecule has 0 fully saturated rings. The SMILES string of the molecule is CCc1ccc(NC(=O)[C@@H](C)n2nc(-c3ccccc3)c3cc(Cl)ccc32)cc1. The largest absolute Gasteiger partial charge is 0.324 e. The van der Waals surface area contributed by atoms with Gasteiger partial charge in [0.05, 0.1) is 5.52 Å². The topological polar surface area (TPSA) is 46.9 Å². The lowest BCUT2D eigenvalue weighted by atomic mass is 10.1. The maximum Gasteiger partial charge on any atom is 0.248 e. The maximum atomic E-state index is 12.9. The highest BCUT2D eigenvalue weighted by atomic mass is 35.5.